The molecule has 1 aliphatic rings. The van der Waals surface area contributed by atoms with E-state index in [1.807, 2.05) is 12.1 Å². The lowest BCUT2D eigenvalue weighted by atomic mass is 10.0. The van der Waals surface area contributed by atoms with Gasteiger partial charge in [0.2, 0.25) is 0 Å². The van der Waals surface area contributed by atoms with Crippen molar-refractivity contribution >= 4 is 34.8 Å². The number of benzene rings is 1. The molecule has 0 fully saturated rings. The van der Waals surface area contributed by atoms with Gasteiger partial charge in [0, 0.05) is 23.0 Å². The highest BCUT2D eigenvalue weighted by molar-refractivity contribution is 6.35. The molecule has 2 aromatic rings. The normalized spacial score (nSPS) is 17.0. The molecule has 0 saturated heterocycles. The molecule has 0 radical (unpaired) electrons. The lowest BCUT2D eigenvalue weighted by molar-refractivity contribution is -0.134. The van der Waals surface area contributed by atoms with Crippen LogP contribution in [0.4, 0.5) is 0 Å². The predicted molar refractivity (Wildman–Crippen MR) is 100 cm³/mol. The van der Waals surface area contributed by atoms with Gasteiger partial charge in [-0.1, -0.05) is 29.3 Å². The highest BCUT2D eigenvalue weighted by Gasteiger charge is 2.35. The molecule has 0 saturated carbocycles. The van der Waals surface area contributed by atoms with Gasteiger partial charge in [-0.05, 0) is 36.9 Å². The summed E-state index contributed by atoms with van der Waals surface area (Å²) >= 11 is 12.4. The second kappa shape index (κ2) is 8.22. The Bertz CT molecular complexity index is 808. The van der Waals surface area contributed by atoms with Gasteiger partial charge in [0.15, 0.2) is 0 Å². The van der Waals surface area contributed by atoms with Crippen molar-refractivity contribution in [3.63, 3.8) is 0 Å². The monoisotopic (exact) mass is 395 g/mol. The minimum absolute atomic E-state index is 0.0167. The Morgan fingerprint density at radius 1 is 1.42 bits per heavy atom. The molecule has 1 N–H and O–H groups in total. The quantitative estimate of drug-likeness (QED) is 0.815. The van der Waals surface area contributed by atoms with Crippen molar-refractivity contribution in [1.29, 1.82) is 0 Å². The second-order valence-corrected chi connectivity index (χ2v) is 6.95. The van der Waals surface area contributed by atoms with Crippen LogP contribution in [0.25, 0.3) is 0 Å². The molecule has 0 aliphatic carbocycles. The Balaban J connectivity index is 1.90. The van der Waals surface area contributed by atoms with Gasteiger partial charge < -0.3 is 9.52 Å². The van der Waals surface area contributed by atoms with Crippen molar-refractivity contribution in [1.82, 2.24) is 9.91 Å². The van der Waals surface area contributed by atoms with Gasteiger partial charge in [-0.15, -0.1) is 0 Å². The molecule has 1 aromatic carbocycles. The first-order valence-electron chi connectivity index (χ1n) is 8.17. The molecule has 0 spiro atoms. The molecule has 6 nitrogen and oxygen atoms in total. The van der Waals surface area contributed by atoms with Crippen LogP contribution in [0.1, 0.15) is 23.8 Å². The van der Waals surface area contributed by atoms with Crippen molar-refractivity contribution in [2.75, 3.05) is 26.7 Å². The van der Waals surface area contributed by atoms with E-state index in [0.717, 1.165) is 5.56 Å². The Labute approximate surface area is 161 Å². The molecule has 1 aliphatic heterocycles. The standard InChI is InChI=1S/C18H19Cl2N3O3/c1-22(6-7-24)11-18(25)23-16(13-5-4-12(19)9-14(13)20)10-15(21-23)17-3-2-8-26-17/h2-5,8-9,16,24H,6-7,10-11H2,1H3/t16-/m0/s1. The number of carbonyl (C=O) groups is 1. The SMILES string of the molecule is CN(CCO)CC(=O)N1N=C(c2ccco2)C[C@H]1c1ccc(Cl)cc1Cl. The van der Waals surface area contributed by atoms with E-state index in [-0.39, 0.29) is 25.1 Å². The van der Waals surface area contributed by atoms with Crippen LogP contribution in [0.3, 0.4) is 0 Å². The fourth-order valence-corrected chi connectivity index (χ4v) is 3.43. The first-order valence-corrected chi connectivity index (χ1v) is 8.93. The van der Waals surface area contributed by atoms with Crippen LogP contribution >= 0.6 is 23.2 Å². The van der Waals surface area contributed by atoms with Crippen LogP contribution in [0.5, 0.6) is 0 Å². The summed E-state index contributed by atoms with van der Waals surface area (Å²) < 4.78 is 5.43. The summed E-state index contributed by atoms with van der Waals surface area (Å²) in [6, 6.07) is 8.47. The molecule has 0 bridgehead atoms. The average Bonchev–Trinajstić information content (AvgIpc) is 3.24. The van der Waals surface area contributed by atoms with Crippen LogP contribution in [0.2, 0.25) is 10.0 Å². The van der Waals surface area contributed by atoms with Crippen molar-refractivity contribution < 1.29 is 14.3 Å². The van der Waals surface area contributed by atoms with Crippen molar-refractivity contribution in [3.8, 4) is 0 Å². The number of rotatable bonds is 6. The topological polar surface area (TPSA) is 69.3 Å². The second-order valence-electron chi connectivity index (χ2n) is 6.11. The summed E-state index contributed by atoms with van der Waals surface area (Å²) in [4.78, 5) is 14.5. The Morgan fingerprint density at radius 2 is 2.23 bits per heavy atom. The first kappa shape index (κ1) is 18.9. The number of hydrogen-bond acceptors (Lipinski definition) is 5. The molecule has 1 aromatic heterocycles. The van der Waals surface area contributed by atoms with Crippen molar-refractivity contribution in [3.05, 3.63) is 58.0 Å². The van der Waals surface area contributed by atoms with Gasteiger partial charge in [0.1, 0.15) is 11.5 Å². The maximum atomic E-state index is 12.8. The molecule has 3 rings (SSSR count). The van der Waals surface area contributed by atoms with Gasteiger partial charge in [-0.3, -0.25) is 9.69 Å². The zero-order valence-electron chi connectivity index (χ0n) is 14.2. The maximum Gasteiger partial charge on any atom is 0.257 e. The van der Waals surface area contributed by atoms with Gasteiger partial charge in [-0.25, -0.2) is 5.01 Å². The molecule has 26 heavy (non-hydrogen) atoms. The first-order chi connectivity index (χ1) is 12.5. The fraction of sp³-hybridized carbons (Fsp3) is 0.333. The molecule has 2 heterocycles. The summed E-state index contributed by atoms with van der Waals surface area (Å²) in [6.07, 6.45) is 2.06. The van der Waals surface area contributed by atoms with E-state index in [1.165, 1.54) is 5.01 Å². The summed E-state index contributed by atoms with van der Waals surface area (Å²) in [5.74, 6) is 0.442. The predicted octanol–water partition coefficient (Wildman–Crippen LogP) is 3.19. The number of hydrogen-bond donors (Lipinski definition) is 1. The number of carbonyl (C=O) groups excluding carboxylic acids is 1. The maximum absolute atomic E-state index is 12.8. The van der Waals surface area contributed by atoms with E-state index in [4.69, 9.17) is 32.7 Å². The molecular formula is C18H19Cl2N3O3. The van der Waals surface area contributed by atoms with E-state index in [2.05, 4.69) is 5.10 Å². The summed E-state index contributed by atoms with van der Waals surface area (Å²) in [5, 5.41) is 16.0. The smallest absolute Gasteiger partial charge is 0.257 e. The van der Waals surface area contributed by atoms with Gasteiger partial charge >= 0.3 is 0 Å². The molecular weight excluding hydrogens is 377 g/mol. The Morgan fingerprint density at radius 3 is 2.88 bits per heavy atom. The van der Waals surface area contributed by atoms with E-state index >= 15 is 0 Å². The van der Waals surface area contributed by atoms with Crippen LogP contribution in [-0.2, 0) is 4.79 Å². The third kappa shape index (κ3) is 4.10. The number of nitrogens with zero attached hydrogens (tertiary/aromatic N) is 3. The van der Waals surface area contributed by atoms with Crippen LogP contribution < -0.4 is 0 Å². The number of hydrazone groups is 1. The molecule has 1 atom stereocenters. The zero-order valence-corrected chi connectivity index (χ0v) is 15.7. The zero-order chi connectivity index (χ0) is 18.7. The lowest BCUT2D eigenvalue weighted by Crippen LogP contribution is -2.37. The van der Waals surface area contributed by atoms with Gasteiger partial charge in [-0.2, -0.15) is 5.10 Å². The van der Waals surface area contributed by atoms with E-state index in [1.54, 1.807) is 36.4 Å². The van der Waals surface area contributed by atoms with Gasteiger partial charge in [0.05, 0.1) is 25.5 Å². The third-order valence-electron chi connectivity index (χ3n) is 4.18. The van der Waals surface area contributed by atoms with Crippen molar-refractivity contribution in [2.45, 2.75) is 12.5 Å². The number of aliphatic hydroxyl groups excluding tert-OH is 1. The molecule has 1 amide bonds. The lowest BCUT2D eigenvalue weighted by Gasteiger charge is -2.25. The Kier molecular flexibility index (Phi) is 5.98. The number of amides is 1. The summed E-state index contributed by atoms with van der Waals surface area (Å²) in [6.45, 7) is 0.523. The number of furan rings is 1. The van der Waals surface area contributed by atoms with E-state index in [9.17, 15) is 4.79 Å². The largest absolute Gasteiger partial charge is 0.463 e. The minimum Gasteiger partial charge on any atom is -0.463 e. The number of aliphatic hydroxyl groups is 1. The highest BCUT2D eigenvalue weighted by atomic mass is 35.5. The molecule has 8 heteroatoms. The average molecular weight is 396 g/mol. The molecule has 138 valence electrons. The van der Waals surface area contributed by atoms with Crippen LogP contribution in [-0.4, -0.2) is 53.4 Å². The van der Waals surface area contributed by atoms with E-state index in [0.29, 0.717) is 34.5 Å². The molecule has 0 unspecified atom stereocenters. The minimum atomic E-state index is -0.338. The summed E-state index contributed by atoms with van der Waals surface area (Å²) in [5.41, 5.74) is 1.46. The van der Waals surface area contributed by atoms with Crippen LogP contribution in [0, 0.1) is 0 Å². The number of halogens is 2. The van der Waals surface area contributed by atoms with Gasteiger partial charge in [0.25, 0.3) is 5.91 Å². The third-order valence-corrected chi connectivity index (χ3v) is 4.74. The van der Waals surface area contributed by atoms with E-state index < -0.39 is 0 Å². The Hall–Kier alpha value is -1.86. The van der Waals surface area contributed by atoms with Crippen molar-refractivity contribution in [2.24, 2.45) is 5.10 Å². The number of likely N-dealkylation sites (N-methyl/N-ethyl adjacent to an activating group) is 1. The fourth-order valence-electron chi connectivity index (χ4n) is 2.90. The highest BCUT2D eigenvalue weighted by Crippen LogP contribution is 2.37. The summed E-state index contributed by atoms with van der Waals surface area (Å²) in [7, 11) is 1.77. The van der Waals surface area contributed by atoms with Crippen LogP contribution in [0.15, 0.2) is 46.1 Å².